The summed E-state index contributed by atoms with van der Waals surface area (Å²) < 4.78 is 5.65. The summed E-state index contributed by atoms with van der Waals surface area (Å²) in [5, 5.41) is -0.0897. The van der Waals surface area contributed by atoms with Gasteiger partial charge in [0.25, 0.3) is 0 Å². The van der Waals surface area contributed by atoms with Crippen LogP contribution in [0.5, 0.6) is 5.75 Å². The average molecular weight is 287 g/mol. The standard InChI is InChI=1S/C18H19ClO/c1-2-13-5-7-14(8-6-13)18(19)16-9-10-17-15(12-16)4-3-11-20-17/h5-10,12,18H,2-4,11H2,1H3. The maximum absolute atomic E-state index is 6.63. The molecule has 0 fully saturated rings. The number of fused-ring (bicyclic) bond motifs is 1. The molecule has 1 heterocycles. The first-order valence-electron chi connectivity index (χ1n) is 7.26. The van der Waals surface area contributed by atoms with Gasteiger partial charge in [-0.25, -0.2) is 0 Å². The monoisotopic (exact) mass is 286 g/mol. The molecule has 20 heavy (non-hydrogen) atoms. The predicted molar refractivity (Wildman–Crippen MR) is 83.8 cm³/mol. The van der Waals surface area contributed by atoms with Crippen molar-refractivity contribution in [3.8, 4) is 5.75 Å². The van der Waals surface area contributed by atoms with Crippen LogP contribution in [0.2, 0.25) is 0 Å². The van der Waals surface area contributed by atoms with Crippen molar-refractivity contribution in [1.29, 1.82) is 0 Å². The Balaban J connectivity index is 1.87. The highest BCUT2D eigenvalue weighted by Crippen LogP contribution is 2.33. The molecule has 2 heteroatoms. The Morgan fingerprint density at radius 3 is 2.60 bits per heavy atom. The Hall–Kier alpha value is -1.47. The fourth-order valence-corrected chi connectivity index (χ4v) is 2.93. The second-order valence-electron chi connectivity index (χ2n) is 5.28. The quantitative estimate of drug-likeness (QED) is 0.729. The van der Waals surface area contributed by atoms with Crippen LogP contribution in [0.1, 0.15) is 41.0 Å². The molecule has 0 bridgehead atoms. The van der Waals surface area contributed by atoms with Crippen molar-refractivity contribution in [1.82, 2.24) is 0 Å². The van der Waals surface area contributed by atoms with Gasteiger partial charge in [-0.05, 0) is 47.6 Å². The Morgan fingerprint density at radius 1 is 1.10 bits per heavy atom. The van der Waals surface area contributed by atoms with Gasteiger partial charge < -0.3 is 4.74 Å². The number of ether oxygens (including phenoxy) is 1. The van der Waals surface area contributed by atoms with E-state index in [4.69, 9.17) is 16.3 Å². The summed E-state index contributed by atoms with van der Waals surface area (Å²) in [6, 6.07) is 14.9. The molecule has 2 aromatic carbocycles. The molecule has 0 N–H and O–H groups in total. The predicted octanol–water partition coefficient (Wildman–Crippen LogP) is 4.90. The van der Waals surface area contributed by atoms with E-state index in [0.717, 1.165) is 42.7 Å². The van der Waals surface area contributed by atoms with E-state index in [9.17, 15) is 0 Å². The van der Waals surface area contributed by atoms with Crippen LogP contribution >= 0.6 is 11.6 Å². The lowest BCUT2D eigenvalue weighted by atomic mass is 9.98. The van der Waals surface area contributed by atoms with Crippen molar-refractivity contribution >= 4 is 11.6 Å². The van der Waals surface area contributed by atoms with Gasteiger partial charge in [-0.1, -0.05) is 43.3 Å². The molecule has 0 saturated heterocycles. The summed E-state index contributed by atoms with van der Waals surface area (Å²) in [6.07, 6.45) is 3.24. The third-order valence-corrected chi connectivity index (χ3v) is 4.41. The van der Waals surface area contributed by atoms with Crippen LogP contribution in [0.25, 0.3) is 0 Å². The van der Waals surface area contributed by atoms with Gasteiger partial charge in [0.2, 0.25) is 0 Å². The summed E-state index contributed by atoms with van der Waals surface area (Å²) in [5.74, 6) is 1.02. The van der Waals surface area contributed by atoms with Crippen molar-refractivity contribution in [3.05, 3.63) is 64.7 Å². The molecule has 1 aliphatic heterocycles. The lowest BCUT2D eigenvalue weighted by Gasteiger charge is -2.19. The molecule has 1 aliphatic rings. The lowest BCUT2D eigenvalue weighted by molar-refractivity contribution is 0.288. The average Bonchev–Trinajstić information content (AvgIpc) is 2.54. The molecule has 0 aromatic heterocycles. The van der Waals surface area contributed by atoms with E-state index in [1.807, 2.05) is 0 Å². The molecule has 2 aromatic rings. The van der Waals surface area contributed by atoms with E-state index in [1.165, 1.54) is 11.1 Å². The van der Waals surface area contributed by atoms with Gasteiger partial charge in [0.15, 0.2) is 0 Å². The third kappa shape index (κ3) is 2.69. The zero-order valence-corrected chi connectivity index (χ0v) is 12.5. The summed E-state index contributed by atoms with van der Waals surface area (Å²) in [7, 11) is 0. The van der Waals surface area contributed by atoms with Gasteiger partial charge in [0, 0.05) is 0 Å². The number of benzene rings is 2. The number of aryl methyl sites for hydroxylation is 2. The van der Waals surface area contributed by atoms with Crippen LogP contribution in [0.4, 0.5) is 0 Å². The van der Waals surface area contributed by atoms with Gasteiger partial charge in [-0.15, -0.1) is 11.6 Å². The largest absolute Gasteiger partial charge is 0.493 e. The van der Waals surface area contributed by atoms with Crippen molar-refractivity contribution in [2.24, 2.45) is 0 Å². The van der Waals surface area contributed by atoms with Crippen molar-refractivity contribution in [2.45, 2.75) is 31.6 Å². The van der Waals surface area contributed by atoms with Crippen LogP contribution in [0.15, 0.2) is 42.5 Å². The maximum atomic E-state index is 6.63. The van der Waals surface area contributed by atoms with Crippen LogP contribution in [-0.4, -0.2) is 6.61 Å². The Kier molecular flexibility index (Phi) is 3.98. The first-order valence-corrected chi connectivity index (χ1v) is 7.70. The Labute approximate surface area is 125 Å². The highest BCUT2D eigenvalue weighted by atomic mass is 35.5. The van der Waals surface area contributed by atoms with Crippen molar-refractivity contribution in [3.63, 3.8) is 0 Å². The zero-order valence-electron chi connectivity index (χ0n) is 11.7. The summed E-state index contributed by atoms with van der Waals surface area (Å²) in [6.45, 7) is 2.99. The number of alkyl halides is 1. The minimum absolute atomic E-state index is 0.0897. The second kappa shape index (κ2) is 5.88. The van der Waals surface area contributed by atoms with Crippen molar-refractivity contribution < 1.29 is 4.74 Å². The van der Waals surface area contributed by atoms with E-state index in [-0.39, 0.29) is 5.38 Å². The third-order valence-electron chi connectivity index (χ3n) is 3.91. The molecular formula is C18H19ClO. The summed E-state index contributed by atoms with van der Waals surface area (Å²) in [5.41, 5.74) is 4.93. The molecule has 3 rings (SSSR count). The van der Waals surface area contributed by atoms with Gasteiger partial charge in [0.05, 0.1) is 12.0 Å². The normalized spacial score (nSPS) is 15.3. The molecular weight excluding hydrogens is 268 g/mol. The summed E-state index contributed by atoms with van der Waals surface area (Å²) in [4.78, 5) is 0. The lowest BCUT2D eigenvalue weighted by Crippen LogP contribution is -2.08. The second-order valence-corrected chi connectivity index (χ2v) is 5.71. The highest BCUT2D eigenvalue weighted by molar-refractivity contribution is 6.22. The van der Waals surface area contributed by atoms with E-state index < -0.39 is 0 Å². The van der Waals surface area contributed by atoms with Crippen molar-refractivity contribution in [2.75, 3.05) is 6.61 Å². The number of hydrogen-bond acceptors (Lipinski definition) is 1. The van der Waals surface area contributed by atoms with E-state index in [0.29, 0.717) is 0 Å². The van der Waals surface area contributed by atoms with Crippen LogP contribution in [0, 0.1) is 0 Å². The van der Waals surface area contributed by atoms with Crippen LogP contribution < -0.4 is 4.74 Å². The van der Waals surface area contributed by atoms with E-state index in [2.05, 4.69) is 49.4 Å². The van der Waals surface area contributed by atoms with E-state index >= 15 is 0 Å². The van der Waals surface area contributed by atoms with Crippen LogP contribution in [0.3, 0.4) is 0 Å². The van der Waals surface area contributed by atoms with E-state index in [1.54, 1.807) is 0 Å². The van der Waals surface area contributed by atoms with Crippen LogP contribution in [-0.2, 0) is 12.8 Å². The maximum Gasteiger partial charge on any atom is 0.122 e. The molecule has 1 unspecified atom stereocenters. The molecule has 0 aliphatic carbocycles. The fraction of sp³-hybridized carbons (Fsp3) is 0.333. The molecule has 104 valence electrons. The fourth-order valence-electron chi connectivity index (χ4n) is 2.65. The molecule has 1 atom stereocenters. The van der Waals surface area contributed by atoms with Gasteiger partial charge in [0.1, 0.15) is 5.75 Å². The molecule has 1 nitrogen and oxygen atoms in total. The number of hydrogen-bond donors (Lipinski definition) is 0. The number of halogens is 1. The highest BCUT2D eigenvalue weighted by Gasteiger charge is 2.15. The zero-order chi connectivity index (χ0) is 13.9. The topological polar surface area (TPSA) is 9.23 Å². The number of rotatable bonds is 3. The SMILES string of the molecule is CCc1ccc(C(Cl)c2ccc3c(c2)CCCO3)cc1. The van der Waals surface area contributed by atoms with Gasteiger partial charge >= 0.3 is 0 Å². The smallest absolute Gasteiger partial charge is 0.122 e. The molecule has 0 spiro atoms. The minimum Gasteiger partial charge on any atom is -0.493 e. The first-order chi connectivity index (χ1) is 9.78. The van der Waals surface area contributed by atoms with Gasteiger partial charge in [-0.2, -0.15) is 0 Å². The summed E-state index contributed by atoms with van der Waals surface area (Å²) >= 11 is 6.63. The Morgan fingerprint density at radius 2 is 1.85 bits per heavy atom. The molecule has 0 saturated carbocycles. The van der Waals surface area contributed by atoms with Gasteiger partial charge in [-0.3, -0.25) is 0 Å². The first kappa shape index (κ1) is 13.5. The minimum atomic E-state index is -0.0897. The molecule has 0 amide bonds. The Bertz CT molecular complexity index is 589. The molecule has 0 radical (unpaired) electrons.